The average Bonchev–Trinajstić information content (AvgIpc) is 2.81. The van der Waals surface area contributed by atoms with Gasteiger partial charge in [-0.1, -0.05) is 24.3 Å². The zero-order valence-corrected chi connectivity index (χ0v) is 9.82. The standard InChI is InChI=1S/C14H18N2/c1-12-6-2-3-7-13(12)10-14(11-15)16-8-4-5-9-16/h2-3,6-7,14H,4-5,8-10H2,1H3. The molecule has 2 rings (SSSR count). The molecule has 0 spiro atoms. The molecule has 1 atom stereocenters. The number of aryl methyl sites for hydroxylation is 1. The minimum atomic E-state index is 0.0589. The van der Waals surface area contributed by atoms with E-state index in [9.17, 15) is 5.26 Å². The molecule has 0 aliphatic carbocycles. The van der Waals surface area contributed by atoms with Crippen LogP contribution in [0.3, 0.4) is 0 Å². The van der Waals surface area contributed by atoms with Crippen LogP contribution in [0.4, 0.5) is 0 Å². The third-order valence-corrected chi connectivity index (χ3v) is 3.40. The predicted octanol–water partition coefficient (Wildman–Crippen LogP) is 2.53. The van der Waals surface area contributed by atoms with Gasteiger partial charge in [-0.25, -0.2) is 0 Å². The van der Waals surface area contributed by atoms with Gasteiger partial charge in [-0.05, 0) is 44.0 Å². The molecule has 1 unspecified atom stereocenters. The second-order valence-corrected chi connectivity index (χ2v) is 4.52. The van der Waals surface area contributed by atoms with Crippen LogP contribution in [-0.2, 0) is 6.42 Å². The Hall–Kier alpha value is -1.33. The molecule has 0 bridgehead atoms. The average molecular weight is 214 g/mol. The van der Waals surface area contributed by atoms with Crippen molar-refractivity contribution in [2.75, 3.05) is 13.1 Å². The molecule has 1 aliphatic rings. The number of rotatable bonds is 3. The number of hydrogen-bond acceptors (Lipinski definition) is 2. The van der Waals surface area contributed by atoms with E-state index in [0.717, 1.165) is 19.5 Å². The second kappa shape index (κ2) is 5.14. The Morgan fingerprint density at radius 3 is 2.62 bits per heavy atom. The van der Waals surface area contributed by atoms with Crippen molar-refractivity contribution in [1.82, 2.24) is 4.90 Å². The molecule has 0 aromatic heterocycles. The van der Waals surface area contributed by atoms with Gasteiger partial charge in [-0.2, -0.15) is 5.26 Å². The molecular formula is C14H18N2. The van der Waals surface area contributed by atoms with Crippen LogP contribution >= 0.6 is 0 Å². The maximum absolute atomic E-state index is 9.25. The quantitative estimate of drug-likeness (QED) is 0.773. The van der Waals surface area contributed by atoms with Crippen LogP contribution in [0.15, 0.2) is 24.3 Å². The van der Waals surface area contributed by atoms with E-state index < -0.39 is 0 Å². The van der Waals surface area contributed by atoms with Gasteiger partial charge in [0.05, 0.1) is 6.07 Å². The number of likely N-dealkylation sites (tertiary alicyclic amines) is 1. The molecule has 0 N–H and O–H groups in total. The first kappa shape index (κ1) is 11.2. The van der Waals surface area contributed by atoms with E-state index in [4.69, 9.17) is 0 Å². The third kappa shape index (κ3) is 2.43. The highest BCUT2D eigenvalue weighted by molar-refractivity contribution is 5.27. The summed E-state index contributed by atoms with van der Waals surface area (Å²) in [5, 5.41) is 9.25. The third-order valence-electron chi connectivity index (χ3n) is 3.40. The lowest BCUT2D eigenvalue weighted by Crippen LogP contribution is -2.33. The summed E-state index contributed by atoms with van der Waals surface area (Å²) in [6.45, 7) is 4.29. The van der Waals surface area contributed by atoms with Crippen molar-refractivity contribution in [1.29, 1.82) is 5.26 Å². The van der Waals surface area contributed by atoms with E-state index >= 15 is 0 Å². The molecular weight excluding hydrogens is 196 g/mol. The van der Waals surface area contributed by atoms with Gasteiger partial charge in [0, 0.05) is 6.42 Å². The fraction of sp³-hybridized carbons (Fsp3) is 0.500. The SMILES string of the molecule is Cc1ccccc1CC(C#N)N1CCCC1. The number of nitrogens with zero attached hydrogens (tertiary/aromatic N) is 2. The summed E-state index contributed by atoms with van der Waals surface area (Å²) in [6, 6.07) is 10.9. The van der Waals surface area contributed by atoms with Gasteiger partial charge in [-0.15, -0.1) is 0 Å². The summed E-state index contributed by atoms with van der Waals surface area (Å²) in [6.07, 6.45) is 3.35. The highest BCUT2D eigenvalue weighted by Gasteiger charge is 2.21. The predicted molar refractivity (Wildman–Crippen MR) is 65.1 cm³/mol. The van der Waals surface area contributed by atoms with E-state index in [0.29, 0.717) is 0 Å². The maximum Gasteiger partial charge on any atom is 0.102 e. The van der Waals surface area contributed by atoms with Crippen LogP contribution in [0.1, 0.15) is 24.0 Å². The lowest BCUT2D eigenvalue weighted by atomic mass is 10.0. The largest absolute Gasteiger partial charge is 0.288 e. The Balaban J connectivity index is 2.07. The molecule has 0 radical (unpaired) electrons. The van der Waals surface area contributed by atoms with Crippen molar-refractivity contribution < 1.29 is 0 Å². The van der Waals surface area contributed by atoms with Gasteiger partial charge in [0.2, 0.25) is 0 Å². The second-order valence-electron chi connectivity index (χ2n) is 4.52. The Morgan fingerprint density at radius 1 is 1.31 bits per heavy atom. The first-order valence-electron chi connectivity index (χ1n) is 5.99. The summed E-state index contributed by atoms with van der Waals surface area (Å²) in [7, 11) is 0. The van der Waals surface area contributed by atoms with Crippen LogP contribution in [0.2, 0.25) is 0 Å². The van der Waals surface area contributed by atoms with Crippen molar-refractivity contribution in [3.8, 4) is 6.07 Å². The van der Waals surface area contributed by atoms with Gasteiger partial charge in [0.15, 0.2) is 0 Å². The number of hydrogen-bond donors (Lipinski definition) is 0. The molecule has 1 fully saturated rings. The van der Waals surface area contributed by atoms with Gasteiger partial charge >= 0.3 is 0 Å². The zero-order valence-electron chi connectivity index (χ0n) is 9.82. The maximum atomic E-state index is 9.25. The highest BCUT2D eigenvalue weighted by atomic mass is 15.2. The molecule has 1 saturated heterocycles. The van der Waals surface area contributed by atoms with Crippen LogP contribution in [-0.4, -0.2) is 24.0 Å². The Kier molecular flexibility index (Phi) is 3.58. The van der Waals surface area contributed by atoms with E-state index in [2.05, 4.69) is 42.2 Å². The Bertz CT molecular complexity index is 386. The molecule has 1 aliphatic heterocycles. The van der Waals surface area contributed by atoms with Crippen molar-refractivity contribution in [3.05, 3.63) is 35.4 Å². The number of nitriles is 1. The fourth-order valence-electron chi connectivity index (χ4n) is 2.36. The highest BCUT2D eigenvalue weighted by Crippen LogP contribution is 2.17. The molecule has 1 heterocycles. The van der Waals surface area contributed by atoms with E-state index in [1.54, 1.807) is 0 Å². The first-order chi connectivity index (χ1) is 7.81. The molecule has 2 nitrogen and oxygen atoms in total. The van der Waals surface area contributed by atoms with Gasteiger partial charge in [0.1, 0.15) is 6.04 Å². The van der Waals surface area contributed by atoms with Crippen molar-refractivity contribution >= 4 is 0 Å². The van der Waals surface area contributed by atoms with Crippen molar-refractivity contribution in [3.63, 3.8) is 0 Å². The summed E-state index contributed by atoms with van der Waals surface area (Å²) in [4.78, 5) is 2.31. The van der Waals surface area contributed by atoms with Gasteiger partial charge in [0.25, 0.3) is 0 Å². The smallest absolute Gasteiger partial charge is 0.102 e. The number of benzene rings is 1. The summed E-state index contributed by atoms with van der Waals surface area (Å²) in [5.74, 6) is 0. The van der Waals surface area contributed by atoms with Gasteiger partial charge < -0.3 is 0 Å². The molecule has 16 heavy (non-hydrogen) atoms. The molecule has 0 saturated carbocycles. The lowest BCUT2D eigenvalue weighted by Gasteiger charge is -2.21. The van der Waals surface area contributed by atoms with Crippen molar-refractivity contribution in [2.24, 2.45) is 0 Å². The molecule has 1 aromatic carbocycles. The minimum Gasteiger partial charge on any atom is -0.288 e. The summed E-state index contributed by atoms with van der Waals surface area (Å²) >= 11 is 0. The van der Waals surface area contributed by atoms with Gasteiger partial charge in [-0.3, -0.25) is 4.90 Å². The van der Waals surface area contributed by atoms with E-state index in [1.165, 1.54) is 24.0 Å². The monoisotopic (exact) mass is 214 g/mol. The molecule has 2 heteroatoms. The normalized spacial score (nSPS) is 18.2. The molecule has 1 aromatic rings. The van der Waals surface area contributed by atoms with Crippen LogP contribution < -0.4 is 0 Å². The summed E-state index contributed by atoms with van der Waals surface area (Å²) in [5.41, 5.74) is 2.60. The van der Waals surface area contributed by atoms with E-state index in [1.807, 2.05) is 0 Å². The molecule has 84 valence electrons. The topological polar surface area (TPSA) is 27.0 Å². The van der Waals surface area contributed by atoms with Crippen LogP contribution in [0, 0.1) is 18.3 Å². The van der Waals surface area contributed by atoms with E-state index in [-0.39, 0.29) is 6.04 Å². The lowest BCUT2D eigenvalue weighted by molar-refractivity contribution is 0.288. The van der Waals surface area contributed by atoms with Crippen LogP contribution in [0.25, 0.3) is 0 Å². The van der Waals surface area contributed by atoms with Crippen LogP contribution in [0.5, 0.6) is 0 Å². The zero-order chi connectivity index (χ0) is 11.4. The summed E-state index contributed by atoms with van der Waals surface area (Å²) < 4.78 is 0. The minimum absolute atomic E-state index is 0.0589. The van der Waals surface area contributed by atoms with Crippen molar-refractivity contribution in [2.45, 2.75) is 32.2 Å². The fourth-order valence-corrected chi connectivity index (χ4v) is 2.36. The first-order valence-corrected chi connectivity index (χ1v) is 5.99. The Morgan fingerprint density at radius 2 is 2.00 bits per heavy atom. The Labute approximate surface area is 97.5 Å². The molecule has 0 amide bonds.